The maximum absolute atomic E-state index is 15.1. The molecule has 0 aliphatic carbocycles. The van der Waals surface area contributed by atoms with E-state index in [2.05, 4.69) is 0 Å². The van der Waals surface area contributed by atoms with E-state index in [0.29, 0.717) is 32.3 Å². The first-order valence-corrected chi connectivity index (χ1v) is 14.9. The zero-order valence-corrected chi connectivity index (χ0v) is 24.6. The highest BCUT2D eigenvalue weighted by atomic mass is 35.5. The van der Waals surface area contributed by atoms with Crippen molar-refractivity contribution in [1.82, 2.24) is 4.98 Å². The van der Waals surface area contributed by atoms with Crippen LogP contribution >= 0.6 is 22.9 Å². The van der Waals surface area contributed by atoms with Gasteiger partial charge in [0, 0.05) is 10.6 Å². The van der Waals surface area contributed by atoms with Crippen LogP contribution in [0.25, 0.3) is 21.2 Å². The SMILES string of the molecule is Cc1ccc2nc(N3C(=O)c4oc5ccc(C)cc5c(=O)c4C34C(=O)N(Cc3ccc(Cl)cc3)c3ccccc34)sc2c1. The van der Waals surface area contributed by atoms with Gasteiger partial charge in [0.25, 0.3) is 11.8 Å². The number of rotatable bonds is 3. The lowest BCUT2D eigenvalue weighted by Crippen LogP contribution is -2.53. The molecule has 4 heterocycles. The van der Waals surface area contributed by atoms with E-state index in [1.54, 1.807) is 29.2 Å². The van der Waals surface area contributed by atoms with Crippen LogP contribution in [0.3, 0.4) is 0 Å². The van der Waals surface area contributed by atoms with Crippen molar-refractivity contribution in [1.29, 1.82) is 0 Å². The number of thiazole rings is 1. The van der Waals surface area contributed by atoms with E-state index in [4.69, 9.17) is 21.0 Å². The van der Waals surface area contributed by atoms with Gasteiger partial charge in [-0.3, -0.25) is 19.3 Å². The highest BCUT2D eigenvalue weighted by molar-refractivity contribution is 7.22. The normalized spacial score (nSPS) is 17.5. The number of para-hydroxylation sites is 1. The van der Waals surface area contributed by atoms with Gasteiger partial charge >= 0.3 is 0 Å². The van der Waals surface area contributed by atoms with E-state index < -0.39 is 22.8 Å². The summed E-state index contributed by atoms with van der Waals surface area (Å²) in [4.78, 5) is 51.9. The molecule has 2 aliphatic rings. The zero-order chi connectivity index (χ0) is 29.6. The van der Waals surface area contributed by atoms with Gasteiger partial charge in [-0.1, -0.05) is 71.0 Å². The molecule has 0 radical (unpaired) electrons. The minimum Gasteiger partial charge on any atom is -0.450 e. The van der Waals surface area contributed by atoms with Gasteiger partial charge in [0.2, 0.25) is 5.76 Å². The Hall–Kier alpha value is -4.79. The summed E-state index contributed by atoms with van der Waals surface area (Å²) >= 11 is 7.44. The number of halogens is 1. The van der Waals surface area contributed by atoms with E-state index in [9.17, 15) is 9.59 Å². The Morgan fingerprint density at radius 1 is 0.907 bits per heavy atom. The number of carbonyl (C=O) groups excluding carboxylic acids is 2. The molecule has 6 aromatic rings. The summed E-state index contributed by atoms with van der Waals surface area (Å²) in [6.07, 6.45) is 0. The molecule has 0 N–H and O–H groups in total. The van der Waals surface area contributed by atoms with Crippen LogP contribution in [-0.4, -0.2) is 16.8 Å². The summed E-state index contributed by atoms with van der Waals surface area (Å²) in [6.45, 7) is 4.08. The topological polar surface area (TPSA) is 83.7 Å². The third-order valence-corrected chi connectivity index (χ3v) is 9.51. The summed E-state index contributed by atoms with van der Waals surface area (Å²) in [6, 6.07) is 25.6. The first-order chi connectivity index (χ1) is 20.8. The van der Waals surface area contributed by atoms with Gasteiger partial charge in [0.1, 0.15) is 5.58 Å². The molecule has 2 aliphatic heterocycles. The summed E-state index contributed by atoms with van der Waals surface area (Å²) in [5, 5.41) is 1.21. The van der Waals surface area contributed by atoms with Gasteiger partial charge in [-0.25, -0.2) is 4.98 Å². The Morgan fingerprint density at radius 2 is 1.65 bits per heavy atom. The summed E-state index contributed by atoms with van der Waals surface area (Å²) < 4.78 is 7.08. The molecule has 9 heteroatoms. The summed E-state index contributed by atoms with van der Waals surface area (Å²) in [7, 11) is 0. The molecule has 1 spiro atoms. The molecule has 2 amide bonds. The lowest BCUT2D eigenvalue weighted by Gasteiger charge is -2.32. The van der Waals surface area contributed by atoms with Crippen LogP contribution in [0.4, 0.5) is 10.8 Å². The van der Waals surface area contributed by atoms with Gasteiger partial charge in [-0.15, -0.1) is 0 Å². The molecular weight excluding hydrogens is 582 g/mol. The first-order valence-electron chi connectivity index (χ1n) is 13.7. The number of anilines is 2. The molecule has 1 atom stereocenters. The van der Waals surface area contributed by atoms with Crippen LogP contribution in [0, 0.1) is 13.8 Å². The van der Waals surface area contributed by atoms with Crippen molar-refractivity contribution in [3.05, 3.63) is 134 Å². The molecule has 43 heavy (non-hydrogen) atoms. The maximum atomic E-state index is 15.1. The second-order valence-corrected chi connectivity index (χ2v) is 12.4. The summed E-state index contributed by atoms with van der Waals surface area (Å²) in [5.41, 5.74) is 2.66. The molecular formula is C34H22ClN3O4S. The number of benzene rings is 4. The Balaban J connectivity index is 1.45. The fourth-order valence-electron chi connectivity index (χ4n) is 6.32. The number of fused-ring (bicyclic) bond motifs is 6. The fourth-order valence-corrected chi connectivity index (χ4v) is 7.56. The van der Waals surface area contributed by atoms with E-state index in [1.165, 1.54) is 16.2 Å². The second-order valence-electron chi connectivity index (χ2n) is 11.0. The molecule has 0 bridgehead atoms. The predicted octanol–water partition coefficient (Wildman–Crippen LogP) is 7.12. The van der Waals surface area contributed by atoms with Crippen molar-refractivity contribution in [3.8, 4) is 0 Å². The third kappa shape index (κ3) is 3.54. The lowest BCUT2D eigenvalue weighted by molar-refractivity contribution is -0.121. The monoisotopic (exact) mass is 603 g/mol. The molecule has 210 valence electrons. The van der Waals surface area contributed by atoms with Crippen LogP contribution in [0.15, 0.2) is 94.1 Å². The zero-order valence-electron chi connectivity index (χ0n) is 23.1. The number of aryl methyl sites for hydroxylation is 2. The molecule has 2 aromatic heterocycles. The number of carbonyl (C=O) groups is 2. The maximum Gasteiger partial charge on any atom is 0.297 e. The summed E-state index contributed by atoms with van der Waals surface area (Å²) in [5.74, 6) is -1.15. The van der Waals surface area contributed by atoms with Gasteiger partial charge in [-0.2, -0.15) is 0 Å². The van der Waals surface area contributed by atoms with Gasteiger partial charge in [0.05, 0.1) is 33.4 Å². The van der Waals surface area contributed by atoms with Crippen LogP contribution in [0.2, 0.25) is 5.02 Å². The molecule has 0 fully saturated rings. The first kappa shape index (κ1) is 25.9. The largest absolute Gasteiger partial charge is 0.450 e. The second kappa shape index (κ2) is 9.10. The lowest BCUT2D eigenvalue weighted by atomic mass is 9.84. The highest BCUT2D eigenvalue weighted by Gasteiger charge is 2.66. The van der Waals surface area contributed by atoms with E-state index >= 15 is 4.79 Å². The van der Waals surface area contributed by atoms with Crippen molar-refractivity contribution in [2.45, 2.75) is 25.9 Å². The molecule has 8 rings (SSSR count). The van der Waals surface area contributed by atoms with Crippen molar-refractivity contribution < 1.29 is 14.0 Å². The minimum absolute atomic E-state index is 0.0158. The Labute approximate surface area is 254 Å². The predicted molar refractivity (Wildman–Crippen MR) is 168 cm³/mol. The quantitative estimate of drug-likeness (QED) is 0.215. The van der Waals surface area contributed by atoms with E-state index in [-0.39, 0.29) is 23.5 Å². The molecule has 4 aromatic carbocycles. The highest BCUT2D eigenvalue weighted by Crippen LogP contribution is 2.55. The van der Waals surface area contributed by atoms with Crippen LogP contribution in [0.5, 0.6) is 0 Å². The van der Waals surface area contributed by atoms with Crippen molar-refractivity contribution in [3.63, 3.8) is 0 Å². The van der Waals surface area contributed by atoms with Crippen LogP contribution in [0.1, 0.15) is 38.4 Å². The number of aromatic nitrogens is 1. The molecule has 7 nitrogen and oxygen atoms in total. The van der Waals surface area contributed by atoms with Crippen LogP contribution < -0.4 is 15.2 Å². The molecule has 0 saturated heterocycles. The van der Waals surface area contributed by atoms with E-state index in [0.717, 1.165) is 21.4 Å². The van der Waals surface area contributed by atoms with Gasteiger partial charge in [0.15, 0.2) is 16.1 Å². The number of hydrogen-bond acceptors (Lipinski definition) is 6. The standard InChI is InChI=1S/C34H22ClN3O4S/c1-18-8-14-26-22(15-18)29(39)28-30(42-26)31(40)38(33-36-24-13-7-19(2)16-27(24)43-33)34(28)23-5-3-4-6-25(23)37(32(34)41)17-20-9-11-21(35)12-10-20/h3-16H,17H2,1-2H3. The molecule has 1 unspecified atom stereocenters. The Kier molecular flexibility index (Phi) is 5.48. The fraction of sp³-hybridized carbons (Fsp3) is 0.118. The Bertz CT molecular complexity index is 2240. The van der Waals surface area contributed by atoms with Crippen LogP contribution in [-0.2, 0) is 16.9 Å². The average molecular weight is 604 g/mol. The molecule has 0 saturated carbocycles. The van der Waals surface area contributed by atoms with Crippen molar-refractivity contribution in [2.24, 2.45) is 0 Å². The van der Waals surface area contributed by atoms with E-state index in [1.807, 2.05) is 74.5 Å². The minimum atomic E-state index is -1.81. The third-order valence-electron chi connectivity index (χ3n) is 8.26. The van der Waals surface area contributed by atoms with Gasteiger partial charge in [-0.05, 0) is 67.4 Å². The van der Waals surface area contributed by atoms with Crippen molar-refractivity contribution >= 4 is 66.8 Å². The number of amides is 2. The smallest absolute Gasteiger partial charge is 0.297 e. The van der Waals surface area contributed by atoms with Gasteiger partial charge < -0.3 is 9.32 Å². The Morgan fingerprint density at radius 3 is 2.47 bits per heavy atom. The van der Waals surface area contributed by atoms with Crippen molar-refractivity contribution in [2.75, 3.05) is 9.80 Å². The average Bonchev–Trinajstić information content (AvgIpc) is 3.60. The number of nitrogens with zero attached hydrogens (tertiary/aromatic N) is 3. The number of hydrogen-bond donors (Lipinski definition) is 0.